The number of carbonyl (C=O) groups is 1. The Kier molecular flexibility index (Phi) is 5.26. The molecule has 2 rings (SSSR count). The van der Waals surface area contributed by atoms with Crippen molar-refractivity contribution in [2.45, 2.75) is 26.9 Å². The second-order valence-corrected chi connectivity index (χ2v) is 6.08. The van der Waals surface area contributed by atoms with E-state index in [0.29, 0.717) is 17.5 Å². The van der Waals surface area contributed by atoms with Gasteiger partial charge in [0.25, 0.3) is 0 Å². The van der Waals surface area contributed by atoms with Crippen LogP contribution < -0.4 is 10.6 Å². The van der Waals surface area contributed by atoms with Crippen LogP contribution in [0.4, 0.5) is 0 Å². The molecule has 0 saturated carbocycles. The van der Waals surface area contributed by atoms with Gasteiger partial charge in [-0.05, 0) is 30.2 Å². The van der Waals surface area contributed by atoms with E-state index in [2.05, 4.69) is 24.5 Å². The normalized spacial score (nSPS) is 11.3. The Balaban J connectivity index is 2.30. The standard InChI is InChI=1S/C16H22ClN3O/c1-11(2)7-19-8-12-9-20(10-16(21)18-3)15-6-13(17)4-5-14(12)15/h4-6,9,11,19H,7-8,10H2,1-3H3,(H,18,21). The van der Waals surface area contributed by atoms with Gasteiger partial charge in [0.2, 0.25) is 5.91 Å². The van der Waals surface area contributed by atoms with Crippen LogP contribution in [0.2, 0.25) is 5.02 Å². The number of rotatable bonds is 6. The zero-order valence-corrected chi connectivity index (χ0v) is 13.5. The van der Waals surface area contributed by atoms with Crippen LogP contribution >= 0.6 is 11.6 Å². The number of benzene rings is 1. The lowest BCUT2D eigenvalue weighted by atomic mass is 10.1. The fourth-order valence-corrected chi connectivity index (χ4v) is 2.51. The van der Waals surface area contributed by atoms with Crippen LogP contribution in [0.3, 0.4) is 0 Å². The quantitative estimate of drug-likeness (QED) is 0.862. The molecular weight excluding hydrogens is 286 g/mol. The number of aromatic nitrogens is 1. The van der Waals surface area contributed by atoms with Gasteiger partial charge in [-0.15, -0.1) is 0 Å². The summed E-state index contributed by atoms with van der Waals surface area (Å²) in [7, 11) is 1.64. The molecule has 0 unspecified atom stereocenters. The highest BCUT2D eigenvalue weighted by atomic mass is 35.5. The van der Waals surface area contributed by atoms with E-state index in [4.69, 9.17) is 11.6 Å². The minimum atomic E-state index is -0.0198. The number of nitrogens with zero attached hydrogens (tertiary/aromatic N) is 1. The molecule has 0 spiro atoms. The lowest BCUT2D eigenvalue weighted by Gasteiger charge is -2.06. The number of nitrogens with one attached hydrogen (secondary N) is 2. The number of hydrogen-bond acceptors (Lipinski definition) is 2. The van der Waals surface area contributed by atoms with Gasteiger partial charge in [0, 0.05) is 30.2 Å². The van der Waals surface area contributed by atoms with Crippen molar-refractivity contribution in [1.82, 2.24) is 15.2 Å². The second kappa shape index (κ2) is 6.96. The average molecular weight is 308 g/mol. The molecule has 114 valence electrons. The number of fused-ring (bicyclic) bond motifs is 1. The van der Waals surface area contributed by atoms with Crippen LogP contribution in [-0.2, 0) is 17.9 Å². The van der Waals surface area contributed by atoms with Crippen molar-refractivity contribution in [3.05, 3.63) is 35.0 Å². The van der Waals surface area contributed by atoms with E-state index in [9.17, 15) is 4.79 Å². The third kappa shape index (κ3) is 3.99. The predicted molar refractivity (Wildman–Crippen MR) is 87.6 cm³/mol. The van der Waals surface area contributed by atoms with Gasteiger partial charge in [-0.1, -0.05) is 31.5 Å². The Morgan fingerprint density at radius 1 is 1.38 bits per heavy atom. The summed E-state index contributed by atoms with van der Waals surface area (Å²) >= 11 is 6.09. The number of likely N-dealkylation sites (N-methyl/N-ethyl adjacent to an activating group) is 1. The molecule has 0 saturated heterocycles. The van der Waals surface area contributed by atoms with Gasteiger partial charge in [0.1, 0.15) is 6.54 Å². The molecule has 5 heteroatoms. The van der Waals surface area contributed by atoms with Crippen molar-refractivity contribution in [3.8, 4) is 0 Å². The zero-order valence-electron chi connectivity index (χ0n) is 12.7. The Labute approximate surface area is 130 Å². The summed E-state index contributed by atoms with van der Waals surface area (Å²) in [6.45, 7) is 6.42. The van der Waals surface area contributed by atoms with Crippen LogP contribution in [0, 0.1) is 5.92 Å². The molecule has 0 bridgehead atoms. The third-order valence-corrected chi connectivity index (χ3v) is 3.62. The summed E-state index contributed by atoms with van der Waals surface area (Å²) < 4.78 is 1.95. The monoisotopic (exact) mass is 307 g/mol. The van der Waals surface area contributed by atoms with Crippen LogP contribution in [-0.4, -0.2) is 24.1 Å². The van der Waals surface area contributed by atoms with E-state index in [0.717, 1.165) is 24.0 Å². The van der Waals surface area contributed by atoms with Crippen molar-refractivity contribution in [2.75, 3.05) is 13.6 Å². The van der Waals surface area contributed by atoms with E-state index < -0.39 is 0 Å². The van der Waals surface area contributed by atoms with Crippen molar-refractivity contribution in [1.29, 1.82) is 0 Å². The molecule has 0 aliphatic rings. The first-order chi connectivity index (χ1) is 10.0. The van der Waals surface area contributed by atoms with Crippen molar-refractivity contribution < 1.29 is 4.79 Å². The van der Waals surface area contributed by atoms with Crippen LogP contribution in [0.5, 0.6) is 0 Å². The molecule has 0 atom stereocenters. The molecule has 4 nitrogen and oxygen atoms in total. The maximum atomic E-state index is 11.6. The highest BCUT2D eigenvalue weighted by molar-refractivity contribution is 6.31. The fourth-order valence-electron chi connectivity index (χ4n) is 2.34. The van der Waals surface area contributed by atoms with E-state index in [1.165, 1.54) is 5.56 Å². The summed E-state index contributed by atoms with van der Waals surface area (Å²) in [4.78, 5) is 11.6. The molecule has 0 aliphatic heterocycles. The van der Waals surface area contributed by atoms with Crippen LogP contribution in [0.25, 0.3) is 10.9 Å². The summed E-state index contributed by atoms with van der Waals surface area (Å²) in [5.41, 5.74) is 2.18. The van der Waals surface area contributed by atoms with Crippen LogP contribution in [0.15, 0.2) is 24.4 Å². The molecule has 2 N–H and O–H groups in total. The molecule has 21 heavy (non-hydrogen) atoms. The molecule has 1 aromatic carbocycles. The first-order valence-electron chi connectivity index (χ1n) is 7.20. The molecular formula is C16H22ClN3O. The van der Waals surface area contributed by atoms with Gasteiger partial charge in [-0.2, -0.15) is 0 Å². The summed E-state index contributed by atoms with van der Waals surface area (Å²) in [5, 5.41) is 7.91. The fraction of sp³-hybridized carbons (Fsp3) is 0.438. The van der Waals surface area contributed by atoms with Gasteiger partial charge in [0.15, 0.2) is 0 Å². The molecule has 0 fully saturated rings. The van der Waals surface area contributed by atoms with Gasteiger partial charge in [-0.25, -0.2) is 0 Å². The highest BCUT2D eigenvalue weighted by Crippen LogP contribution is 2.25. The largest absolute Gasteiger partial charge is 0.358 e. The van der Waals surface area contributed by atoms with Crippen LogP contribution in [0.1, 0.15) is 19.4 Å². The van der Waals surface area contributed by atoms with E-state index >= 15 is 0 Å². The summed E-state index contributed by atoms with van der Waals surface area (Å²) in [6.07, 6.45) is 2.03. The van der Waals surface area contributed by atoms with E-state index in [1.54, 1.807) is 7.05 Å². The predicted octanol–water partition coefficient (Wildman–Crippen LogP) is 2.79. The van der Waals surface area contributed by atoms with E-state index in [1.807, 2.05) is 29.0 Å². The smallest absolute Gasteiger partial charge is 0.239 e. The van der Waals surface area contributed by atoms with Gasteiger partial charge < -0.3 is 15.2 Å². The number of hydrogen-bond donors (Lipinski definition) is 2. The van der Waals surface area contributed by atoms with Crippen molar-refractivity contribution >= 4 is 28.4 Å². The minimum absolute atomic E-state index is 0.0198. The van der Waals surface area contributed by atoms with Crippen molar-refractivity contribution in [2.24, 2.45) is 5.92 Å². The Bertz CT molecular complexity index is 634. The zero-order chi connectivity index (χ0) is 15.4. The molecule has 1 amide bonds. The Hall–Kier alpha value is -1.52. The Morgan fingerprint density at radius 3 is 2.81 bits per heavy atom. The maximum absolute atomic E-state index is 11.6. The second-order valence-electron chi connectivity index (χ2n) is 5.64. The minimum Gasteiger partial charge on any atom is -0.358 e. The first kappa shape index (κ1) is 15.9. The number of carbonyl (C=O) groups excluding carboxylic acids is 1. The third-order valence-electron chi connectivity index (χ3n) is 3.39. The topological polar surface area (TPSA) is 46.1 Å². The van der Waals surface area contributed by atoms with Crippen molar-refractivity contribution in [3.63, 3.8) is 0 Å². The molecule has 1 heterocycles. The number of amides is 1. The Morgan fingerprint density at radius 2 is 2.14 bits per heavy atom. The molecule has 0 aliphatic carbocycles. The molecule has 0 radical (unpaired) electrons. The SMILES string of the molecule is CNC(=O)Cn1cc(CNCC(C)C)c2ccc(Cl)cc21. The first-order valence-corrected chi connectivity index (χ1v) is 7.57. The lowest BCUT2D eigenvalue weighted by Crippen LogP contribution is -2.23. The van der Waals surface area contributed by atoms with Gasteiger partial charge in [0.05, 0.1) is 5.52 Å². The average Bonchev–Trinajstić information content (AvgIpc) is 2.76. The summed E-state index contributed by atoms with van der Waals surface area (Å²) in [5.74, 6) is 0.590. The maximum Gasteiger partial charge on any atom is 0.239 e. The summed E-state index contributed by atoms with van der Waals surface area (Å²) in [6, 6.07) is 5.82. The van der Waals surface area contributed by atoms with Gasteiger partial charge in [-0.3, -0.25) is 4.79 Å². The lowest BCUT2D eigenvalue weighted by molar-refractivity contribution is -0.121. The highest BCUT2D eigenvalue weighted by Gasteiger charge is 2.11. The molecule has 2 aromatic rings. The van der Waals surface area contributed by atoms with E-state index in [-0.39, 0.29) is 5.91 Å². The van der Waals surface area contributed by atoms with Gasteiger partial charge >= 0.3 is 0 Å². The number of halogens is 1. The molecule has 1 aromatic heterocycles.